The van der Waals surface area contributed by atoms with Crippen LogP contribution in [0.1, 0.15) is 35.1 Å². The highest BCUT2D eigenvalue weighted by Crippen LogP contribution is 2.52. The van der Waals surface area contributed by atoms with Crippen molar-refractivity contribution in [3.63, 3.8) is 0 Å². The van der Waals surface area contributed by atoms with Crippen molar-refractivity contribution >= 4 is 44.8 Å². The van der Waals surface area contributed by atoms with E-state index in [0.717, 1.165) is 23.6 Å². The van der Waals surface area contributed by atoms with E-state index >= 15 is 0 Å². The molecular weight excluding hydrogens is 547 g/mol. The first-order valence-electron chi connectivity index (χ1n) is 10.7. The maximum atomic E-state index is 14.7. The number of hydrogen-bond donors (Lipinski definition) is 1. The molecule has 0 saturated carbocycles. The molecule has 0 bridgehead atoms. The quantitative estimate of drug-likeness (QED) is 0.314. The highest BCUT2D eigenvalue weighted by Gasteiger charge is 2.39. The number of ether oxygens (including phenoxy) is 2. The van der Waals surface area contributed by atoms with Crippen molar-refractivity contribution in [2.24, 2.45) is 5.92 Å². The molecule has 0 spiro atoms. The Morgan fingerprint density at radius 3 is 2.68 bits per heavy atom. The van der Waals surface area contributed by atoms with Gasteiger partial charge in [0.05, 0.1) is 33.4 Å². The summed E-state index contributed by atoms with van der Waals surface area (Å²) < 4.78 is 41.0. The lowest BCUT2D eigenvalue weighted by atomic mass is 9.77. The Bertz CT molecular complexity index is 1300. The normalized spacial score (nSPS) is 20.5. The molecule has 34 heavy (non-hydrogen) atoms. The third-order valence-corrected chi connectivity index (χ3v) is 7.69. The highest BCUT2D eigenvalue weighted by atomic mass is 79.9. The maximum absolute atomic E-state index is 14.7. The summed E-state index contributed by atoms with van der Waals surface area (Å²) in [4.78, 5) is 0. The van der Waals surface area contributed by atoms with E-state index in [0.29, 0.717) is 37.3 Å². The zero-order chi connectivity index (χ0) is 24.0. The van der Waals surface area contributed by atoms with Crippen molar-refractivity contribution in [2.45, 2.75) is 25.0 Å². The number of halogens is 5. The second-order valence-electron chi connectivity index (χ2n) is 8.40. The molecule has 1 N–H and O–H groups in total. The van der Waals surface area contributed by atoms with Crippen LogP contribution in [0.4, 0.5) is 14.5 Å². The third kappa shape index (κ3) is 4.28. The monoisotopic (exact) mass is 565 g/mol. The van der Waals surface area contributed by atoms with Gasteiger partial charge in [-0.3, -0.25) is 0 Å². The van der Waals surface area contributed by atoms with Crippen LogP contribution in [-0.2, 0) is 6.61 Å². The number of benzene rings is 3. The Hall–Kier alpha value is -2.28. The number of fused-ring (bicyclic) bond motifs is 3. The first-order chi connectivity index (χ1) is 16.4. The van der Waals surface area contributed by atoms with Crippen LogP contribution < -0.4 is 14.8 Å². The minimum Gasteiger partial charge on any atom is -0.493 e. The molecule has 8 heteroatoms. The fourth-order valence-electron chi connectivity index (χ4n) is 4.80. The standard InChI is InChI=1S/C26H20BrCl2F2NO2/c1-33-23-9-14(8-19(27)26(23)34-12-13-5-6-20(28)21(29)7-13)24-17-4-2-3-16(17)18-10-15(30)11-22(31)25(18)32-24/h2-3,5-11,16-17,24,32H,4,12H2,1H3/t16-,17-,24-/m0/s1. The fraction of sp³-hybridized carbons (Fsp3) is 0.231. The van der Waals surface area contributed by atoms with Crippen LogP contribution in [0.3, 0.4) is 0 Å². The summed E-state index contributed by atoms with van der Waals surface area (Å²) in [5.74, 6) is -0.0214. The summed E-state index contributed by atoms with van der Waals surface area (Å²) in [5.41, 5.74) is 2.77. The summed E-state index contributed by atoms with van der Waals surface area (Å²) in [7, 11) is 1.57. The van der Waals surface area contributed by atoms with E-state index in [4.69, 9.17) is 32.7 Å². The van der Waals surface area contributed by atoms with Crippen molar-refractivity contribution < 1.29 is 18.3 Å². The molecule has 0 aromatic heterocycles. The largest absolute Gasteiger partial charge is 0.493 e. The van der Waals surface area contributed by atoms with E-state index in [1.165, 1.54) is 6.07 Å². The first-order valence-corrected chi connectivity index (χ1v) is 12.3. The van der Waals surface area contributed by atoms with E-state index in [1.807, 2.05) is 24.3 Å². The molecule has 3 aromatic carbocycles. The van der Waals surface area contributed by atoms with Gasteiger partial charge >= 0.3 is 0 Å². The van der Waals surface area contributed by atoms with Gasteiger partial charge in [-0.2, -0.15) is 0 Å². The first kappa shape index (κ1) is 23.5. The number of anilines is 1. The smallest absolute Gasteiger partial charge is 0.175 e. The Balaban J connectivity index is 1.46. The summed E-state index contributed by atoms with van der Waals surface area (Å²) in [6.07, 6.45) is 4.91. The lowest BCUT2D eigenvalue weighted by molar-refractivity contribution is 0.282. The molecule has 1 heterocycles. The second-order valence-corrected chi connectivity index (χ2v) is 10.1. The Labute approximate surface area is 214 Å². The van der Waals surface area contributed by atoms with Crippen LogP contribution in [0.2, 0.25) is 10.0 Å². The molecule has 3 nitrogen and oxygen atoms in total. The van der Waals surface area contributed by atoms with Crippen LogP contribution in [-0.4, -0.2) is 7.11 Å². The van der Waals surface area contributed by atoms with Crippen LogP contribution >= 0.6 is 39.1 Å². The van der Waals surface area contributed by atoms with Crippen LogP contribution in [0.5, 0.6) is 11.5 Å². The molecular formula is C26H20BrCl2F2NO2. The molecule has 0 unspecified atom stereocenters. The molecule has 3 aromatic rings. The third-order valence-electron chi connectivity index (χ3n) is 6.36. The van der Waals surface area contributed by atoms with Gasteiger partial charge in [-0.05, 0) is 75.3 Å². The van der Waals surface area contributed by atoms with Crippen LogP contribution in [0.25, 0.3) is 0 Å². The highest BCUT2D eigenvalue weighted by molar-refractivity contribution is 9.10. The van der Waals surface area contributed by atoms with Crippen molar-refractivity contribution in [3.05, 3.63) is 97.5 Å². The molecule has 0 amide bonds. The van der Waals surface area contributed by atoms with Gasteiger partial charge in [-0.1, -0.05) is 41.4 Å². The van der Waals surface area contributed by atoms with Gasteiger partial charge in [0.25, 0.3) is 0 Å². The van der Waals surface area contributed by atoms with Crippen molar-refractivity contribution in [2.75, 3.05) is 12.4 Å². The lowest BCUT2D eigenvalue weighted by Crippen LogP contribution is -2.30. The number of rotatable bonds is 5. The number of hydrogen-bond acceptors (Lipinski definition) is 3. The number of nitrogens with one attached hydrogen (secondary N) is 1. The molecule has 5 rings (SSSR count). The molecule has 0 fully saturated rings. The topological polar surface area (TPSA) is 30.5 Å². The Morgan fingerprint density at radius 2 is 1.91 bits per heavy atom. The summed E-state index contributed by atoms with van der Waals surface area (Å²) in [5, 5.41) is 4.26. The van der Waals surface area contributed by atoms with Crippen molar-refractivity contribution in [1.82, 2.24) is 0 Å². The lowest BCUT2D eigenvalue weighted by Gasteiger charge is -2.38. The molecule has 176 valence electrons. The number of methoxy groups -OCH3 is 1. The summed E-state index contributed by atoms with van der Waals surface area (Å²) in [6.45, 7) is 0.269. The van der Waals surface area contributed by atoms with Gasteiger partial charge in [-0.15, -0.1) is 0 Å². The average Bonchev–Trinajstić information content (AvgIpc) is 3.30. The van der Waals surface area contributed by atoms with Crippen molar-refractivity contribution in [1.29, 1.82) is 0 Å². The van der Waals surface area contributed by atoms with E-state index in [-0.39, 0.29) is 24.5 Å². The molecule has 0 saturated heterocycles. The Kier molecular flexibility index (Phi) is 6.49. The molecule has 0 radical (unpaired) electrons. The minimum atomic E-state index is -0.591. The SMILES string of the molecule is COc1cc([C@@H]2Nc3c(F)cc(F)cc3[C@H]3C=CC[C@@H]32)cc(Br)c1OCc1ccc(Cl)c(Cl)c1. The minimum absolute atomic E-state index is 0.0678. The predicted octanol–water partition coefficient (Wildman–Crippen LogP) is 8.45. The van der Waals surface area contributed by atoms with E-state index in [2.05, 4.69) is 27.3 Å². The molecule has 1 aliphatic heterocycles. The van der Waals surface area contributed by atoms with Gasteiger partial charge in [0.2, 0.25) is 0 Å². The molecule has 2 aliphatic rings. The molecule has 1 aliphatic carbocycles. The summed E-state index contributed by atoms with van der Waals surface area (Å²) >= 11 is 15.7. The van der Waals surface area contributed by atoms with E-state index in [1.54, 1.807) is 19.2 Å². The average molecular weight is 567 g/mol. The van der Waals surface area contributed by atoms with Gasteiger partial charge in [0, 0.05) is 12.0 Å². The number of allylic oxidation sites excluding steroid dienone is 2. The maximum Gasteiger partial charge on any atom is 0.175 e. The molecule has 3 atom stereocenters. The fourth-order valence-corrected chi connectivity index (χ4v) is 5.69. The Morgan fingerprint density at radius 1 is 1.09 bits per heavy atom. The van der Waals surface area contributed by atoms with Gasteiger partial charge in [0.15, 0.2) is 11.5 Å². The second kappa shape index (κ2) is 9.40. The van der Waals surface area contributed by atoms with Gasteiger partial charge in [0.1, 0.15) is 18.2 Å². The zero-order valence-corrected chi connectivity index (χ0v) is 21.1. The van der Waals surface area contributed by atoms with Crippen molar-refractivity contribution in [3.8, 4) is 11.5 Å². The van der Waals surface area contributed by atoms with Crippen LogP contribution in [0.15, 0.2) is 59.1 Å². The zero-order valence-electron chi connectivity index (χ0n) is 18.0. The van der Waals surface area contributed by atoms with Gasteiger partial charge < -0.3 is 14.8 Å². The van der Waals surface area contributed by atoms with Gasteiger partial charge in [-0.25, -0.2) is 8.78 Å². The predicted molar refractivity (Wildman–Crippen MR) is 134 cm³/mol. The van der Waals surface area contributed by atoms with E-state index < -0.39 is 11.6 Å². The summed E-state index contributed by atoms with van der Waals surface area (Å²) in [6, 6.07) is 11.3. The van der Waals surface area contributed by atoms with E-state index in [9.17, 15) is 8.78 Å². The van der Waals surface area contributed by atoms with Crippen LogP contribution in [0, 0.1) is 17.6 Å².